The van der Waals surface area contributed by atoms with Crippen molar-refractivity contribution in [2.45, 2.75) is 42.0 Å². The SMILES string of the molecule is COC(=O)C[C@H]1C[C@@H]2c3cc(NS(=O)(=O)c4ccc(F)cc4)ccc3O[C@@H]2[C@H](CO)O1. The molecule has 2 aliphatic rings. The fourth-order valence-electron chi connectivity index (χ4n) is 4.05. The second-order valence-corrected chi connectivity index (χ2v) is 9.18. The van der Waals surface area contributed by atoms with Crippen LogP contribution in [0.1, 0.15) is 24.3 Å². The predicted molar refractivity (Wildman–Crippen MR) is 108 cm³/mol. The zero-order chi connectivity index (χ0) is 22.2. The number of hydrogen-bond acceptors (Lipinski definition) is 7. The summed E-state index contributed by atoms with van der Waals surface area (Å²) in [6, 6.07) is 9.42. The van der Waals surface area contributed by atoms with Crippen LogP contribution in [0.2, 0.25) is 0 Å². The molecule has 2 heterocycles. The van der Waals surface area contributed by atoms with Crippen molar-refractivity contribution < 1.29 is 36.9 Å². The molecule has 2 aliphatic heterocycles. The number of methoxy groups -OCH3 is 1. The molecule has 0 aliphatic carbocycles. The summed E-state index contributed by atoms with van der Waals surface area (Å²) in [4.78, 5) is 11.6. The molecule has 2 aromatic rings. The number of halogens is 1. The number of hydrogen-bond donors (Lipinski definition) is 2. The molecule has 1 fully saturated rings. The van der Waals surface area contributed by atoms with E-state index in [0.29, 0.717) is 17.9 Å². The van der Waals surface area contributed by atoms with Crippen LogP contribution in [0, 0.1) is 5.82 Å². The summed E-state index contributed by atoms with van der Waals surface area (Å²) in [5, 5.41) is 9.74. The first-order valence-electron chi connectivity index (χ1n) is 9.73. The normalized spacial score (nSPS) is 24.6. The molecule has 0 amide bonds. The Labute approximate surface area is 179 Å². The van der Waals surface area contributed by atoms with Crippen LogP contribution in [0.4, 0.5) is 10.1 Å². The fourth-order valence-corrected chi connectivity index (χ4v) is 5.10. The topological polar surface area (TPSA) is 111 Å². The molecule has 4 rings (SSSR count). The van der Waals surface area contributed by atoms with Crippen molar-refractivity contribution >= 4 is 21.7 Å². The Bertz CT molecular complexity index is 1070. The van der Waals surface area contributed by atoms with Gasteiger partial charge in [0.1, 0.15) is 23.8 Å². The maximum Gasteiger partial charge on any atom is 0.308 e. The maximum atomic E-state index is 13.1. The Hall–Kier alpha value is -2.69. The number of esters is 1. The summed E-state index contributed by atoms with van der Waals surface area (Å²) in [5.41, 5.74) is 1.09. The van der Waals surface area contributed by atoms with Gasteiger partial charge in [-0.2, -0.15) is 0 Å². The molecule has 31 heavy (non-hydrogen) atoms. The van der Waals surface area contributed by atoms with Gasteiger partial charge in [-0.25, -0.2) is 12.8 Å². The van der Waals surface area contributed by atoms with Gasteiger partial charge in [0.05, 0.1) is 31.1 Å². The van der Waals surface area contributed by atoms with Crippen LogP contribution in [0.5, 0.6) is 5.75 Å². The van der Waals surface area contributed by atoms with E-state index in [9.17, 15) is 22.7 Å². The molecule has 10 heteroatoms. The van der Waals surface area contributed by atoms with E-state index in [0.717, 1.165) is 17.7 Å². The molecular weight excluding hydrogens is 429 g/mol. The van der Waals surface area contributed by atoms with E-state index in [1.54, 1.807) is 18.2 Å². The lowest BCUT2D eigenvalue weighted by Gasteiger charge is -2.36. The fraction of sp³-hybridized carbons (Fsp3) is 0.381. The smallest absolute Gasteiger partial charge is 0.308 e. The Kier molecular flexibility index (Phi) is 5.87. The minimum atomic E-state index is -3.91. The van der Waals surface area contributed by atoms with Crippen LogP contribution in [0.25, 0.3) is 0 Å². The molecule has 0 radical (unpaired) electrons. The molecule has 8 nitrogen and oxygen atoms in total. The van der Waals surface area contributed by atoms with Gasteiger partial charge in [0.25, 0.3) is 10.0 Å². The third-order valence-corrected chi connectivity index (χ3v) is 6.89. The van der Waals surface area contributed by atoms with Gasteiger partial charge in [0.2, 0.25) is 0 Å². The lowest BCUT2D eigenvalue weighted by molar-refractivity contribution is -0.156. The molecule has 166 valence electrons. The van der Waals surface area contributed by atoms with E-state index < -0.39 is 40.1 Å². The number of anilines is 1. The summed E-state index contributed by atoms with van der Waals surface area (Å²) < 4.78 is 57.4. The Balaban J connectivity index is 1.58. The standard InChI is InChI=1S/C21H22FNO7S/c1-28-20(25)10-14-9-17-16-8-13(4-7-18(16)30-21(17)19(11-24)29-14)23-31(26,27)15-5-2-12(22)3-6-15/h2-8,14,17,19,21,23-24H,9-11H2,1H3/t14-,17-,19+,21+/m1/s1. The lowest BCUT2D eigenvalue weighted by Crippen LogP contribution is -2.46. The van der Waals surface area contributed by atoms with E-state index in [1.807, 2.05) is 0 Å². The minimum Gasteiger partial charge on any atom is -0.487 e. The zero-order valence-corrected chi connectivity index (χ0v) is 17.5. The monoisotopic (exact) mass is 451 g/mol. The summed E-state index contributed by atoms with van der Waals surface area (Å²) in [5.74, 6) is -0.564. The third kappa shape index (κ3) is 4.36. The second-order valence-electron chi connectivity index (χ2n) is 7.50. The summed E-state index contributed by atoms with van der Waals surface area (Å²) in [6.07, 6.45) is -1.03. The van der Waals surface area contributed by atoms with E-state index >= 15 is 0 Å². The number of ether oxygens (including phenoxy) is 3. The van der Waals surface area contributed by atoms with Crippen molar-refractivity contribution in [3.05, 3.63) is 53.8 Å². The Morgan fingerprint density at radius 1 is 1.26 bits per heavy atom. The number of fused-ring (bicyclic) bond motifs is 3. The molecule has 2 aromatic carbocycles. The minimum absolute atomic E-state index is 0.0441. The van der Waals surface area contributed by atoms with Crippen LogP contribution in [0.3, 0.4) is 0 Å². The number of sulfonamides is 1. The van der Waals surface area contributed by atoms with E-state index in [4.69, 9.17) is 14.2 Å². The molecule has 0 spiro atoms. The molecule has 1 saturated heterocycles. The highest BCUT2D eigenvalue weighted by Crippen LogP contribution is 2.47. The molecule has 0 bridgehead atoms. The predicted octanol–water partition coefficient (Wildman–Crippen LogP) is 2.18. The zero-order valence-electron chi connectivity index (χ0n) is 16.7. The number of aliphatic hydroxyl groups excluding tert-OH is 1. The molecule has 2 N–H and O–H groups in total. The Morgan fingerprint density at radius 3 is 2.68 bits per heavy atom. The molecule has 4 atom stereocenters. The number of rotatable bonds is 6. The van der Waals surface area contributed by atoms with Crippen molar-refractivity contribution in [3.63, 3.8) is 0 Å². The summed E-state index contributed by atoms with van der Waals surface area (Å²) in [6.45, 7) is -0.281. The van der Waals surface area contributed by atoms with Gasteiger partial charge in [-0.1, -0.05) is 0 Å². The highest BCUT2D eigenvalue weighted by atomic mass is 32.2. The largest absolute Gasteiger partial charge is 0.487 e. The van der Waals surface area contributed by atoms with Gasteiger partial charge in [0.15, 0.2) is 0 Å². The van der Waals surface area contributed by atoms with Crippen LogP contribution >= 0.6 is 0 Å². The average molecular weight is 451 g/mol. The van der Waals surface area contributed by atoms with Crippen molar-refractivity contribution in [2.24, 2.45) is 0 Å². The van der Waals surface area contributed by atoms with Gasteiger partial charge in [-0.15, -0.1) is 0 Å². The second kappa shape index (κ2) is 8.45. The molecule has 0 saturated carbocycles. The molecule has 0 aromatic heterocycles. The van der Waals surface area contributed by atoms with E-state index in [1.165, 1.54) is 19.2 Å². The van der Waals surface area contributed by atoms with Crippen molar-refractivity contribution in [1.29, 1.82) is 0 Å². The van der Waals surface area contributed by atoms with Crippen LogP contribution in [0.15, 0.2) is 47.4 Å². The van der Waals surface area contributed by atoms with Crippen molar-refractivity contribution in [2.75, 3.05) is 18.4 Å². The number of carbonyl (C=O) groups excluding carboxylic acids is 1. The van der Waals surface area contributed by atoms with E-state index in [-0.39, 0.29) is 23.8 Å². The van der Waals surface area contributed by atoms with Crippen LogP contribution in [-0.4, -0.2) is 51.5 Å². The molecular formula is C21H22FNO7S. The van der Waals surface area contributed by atoms with Gasteiger partial charge in [0, 0.05) is 17.2 Å². The van der Waals surface area contributed by atoms with Gasteiger partial charge in [-0.05, 0) is 48.9 Å². The van der Waals surface area contributed by atoms with Crippen molar-refractivity contribution in [1.82, 2.24) is 0 Å². The summed E-state index contributed by atoms with van der Waals surface area (Å²) in [7, 11) is -2.61. The summed E-state index contributed by atoms with van der Waals surface area (Å²) >= 11 is 0. The highest BCUT2D eigenvalue weighted by Gasteiger charge is 2.46. The quantitative estimate of drug-likeness (QED) is 0.648. The Morgan fingerprint density at radius 2 is 2.00 bits per heavy atom. The highest BCUT2D eigenvalue weighted by molar-refractivity contribution is 7.92. The first kappa shape index (κ1) is 21.5. The average Bonchev–Trinajstić information content (AvgIpc) is 3.11. The van der Waals surface area contributed by atoms with Crippen molar-refractivity contribution in [3.8, 4) is 5.75 Å². The number of benzene rings is 2. The van der Waals surface area contributed by atoms with Crippen LogP contribution in [-0.2, 0) is 24.3 Å². The number of carbonyl (C=O) groups is 1. The van der Waals surface area contributed by atoms with Gasteiger partial charge in [-0.3, -0.25) is 9.52 Å². The first-order chi connectivity index (χ1) is 14.8. The van der Waals surface area contributed by atoms with Crippen LogP contribution < -0.4 is 9.46 Å². The number of aliphatic hydroxyl groups is 1. The first-order valence-corrected chi connectivity index (χ1v) is 11.2. The van der Waals surface area contributed by atoms with Gasteiger partial charge < -0.3 is 19.3 Å². The van der Waals surface area contributed by atoms with Gasteiger partial charge >= 0.3 is 5.97 Å². The third-order valence-electron chi connectivity index (χ3n) is 5.50. The molecule has 0 unspecified atom stereocenters. The lowest BCUT2D eigenvalue weighted by atomic mass is 9.84. The number of nitrogens with one attached hydrogen (secondary N) is 1. The maximum absolute atomic E-state index is 13.1. The van der Waals surface area contributed by atoms with E-state index in [2.05, 4.69) is 4.72 Å².